The van der Waals surface area contributed by atoms with Gasteiger partial charge in [-0.05, 0) is 61.0 Å². The number of nitrogens with zero attached hydrogens (tertiary/aromatic N) is 3. The second-order valence-corrected chi connectivity index (χ2v) is 10.5. The number of amides is 2. The van der Waals surface area contributed by atoms with Crippen LogP contribution >= 0.6 is 23.2 Å². The Morgan fingerprint density at radius 1 is 0.886 bits per heavy atom. The molecule has 3 aromatic rings. The first-order valence-corrected chi connectivity index (χ1v) is 13.0. The molecule has 2 amide bonds. The van der Waals surface area contributed by atoms with Crippen LogP contribution in [0.15, 0.2) is 65.7 Å². The van der Waals surface area contributed by atoms with Gasteiger partial charge in [0.05, 0.1) is 5.02 Å². The summed E-state index contributed by atoms with van der Waals surface area (Å²) in [5.41, 5.74) is 1.66. The topological polar surface area (TPSA) is 99.7 Å². The molecule has 1 aromatic heterocycles. The number of pyridine rings is 1. The average Bonchev–Trinajstić information content (AvgIpc) is 2.86. The van der Waals surface area contributed by atoms with Crippen molar-refractivity contribution in [1.82, 2.24) is 14.8 Å². The highest BCUT2D eigenvalue weighted by atomic mass is 35.5. The van der Waals surface area contributed by atoms with Gasteiger partial charge in [-0.3, -0.25) is 19.3 Å². The number of aryl methyl sites for hydroxylation is 1. The van der Waals surface area contributed by atoms with Gasteiger partial charge in [-0.2, -0.15) is 0 Å². The monoisotopic (exact) mass is 532 g/mol. The van der Waals surface area contributed by atoms with Crippen LogP contribution in [0, 0.1) is 6.92 Å². The molecule has 1 aliphatic heterocycles. The predicted molar refractivity (Wildman–Crippen MR) is 134 cm³/mol. The lowest BCUT2D eigenvalue weighted by Crippen LogP contribution is -2.50. The first-order chi connectivity index (χ1) is 16.7. The highest BCUT2D eigenvalue weighted by Crippen LogP contribution is 2.29. The number of hydrogen-bond acceptors (Lipinski definition) is 5. The summed E-state index contributed by atoms with van der Waals surface area (Å²) in [4.78, 5) is 32.8. The van der Waals surface area contributed by atoms with Crippen molar-refractivity contribution in [2.24, 2.45) is 0 Å². The quantitative estimate of drug-likeness (QED) is 0.533. The van der Waals surface area contributed by atoms with E-state index in [0.717, 1.165) is 0 Å². The highest BCUT2D eigenvalue weighted by Gasteiger charge is 2.26. The Hall–Kier alpha value is -3.14. The van der Waals surface area contributed by atoms with Crippen LogP contribution in [0.3, 0.4) is 0 Å². The minimum atomic E-state index is -3.95. The third-order valence-electron chi connectivity index (χ3n) is 5.62. The lowest BCUT2D eigenvalue weighted by Gasteiger charge is -2.34. The van der Waals surface area contributed by atoms with Gasteiger partial charge >= 0.3 is 0 Å². The molecule has 35 heavy (non-hydrogen) atoms. The van der Waals surface area contributed by atoms with E-state index in [9.17, 15) is 18.0 Å². The first-order valence-electron chi connectivity index (χ1n) is 10.7. The maximum absolute atomic E-state index is 12.9. The maximum Gasteiger partial charge on any atom is 0.272 e. The van der Waals surface area contributed by atoms with Crippen LogP contribution in [-0.2, 0) is 10.0 Å². The Morgan fingerprint density at radius 3 is 2.11 bits per heavy atom. The van der Waals surface area contributed by atoms with Crippen LogP contribution < -0.4 is 4.72 Å². The SMILES string of the molecule is Cc1cc(S(=O)(=O)Nc2ccc(C(=O)N3CCN(C(=O)c4ccccn4)CC3)cc2)c(Cl)cc1Cl. The van der Waals surface area contributed by atoms with E-state index in [2.05, 4.69) is 9.71 Å². The Bertz CT molecular complexity index is 1360. The van der Waals surface area contributed by atoms with Gasteiger partial charge in [-0.25, -0.2) is 8.42 Å². The molecule has 0 aliphatic carbocycles. The number of piperazine rings is 1. The Morgan fingerprint density at radius 2 is 1.51 bits per heavy atom. The summed E-state index contributed by atoms with van der Waals surface area (Å²) >= 11 is 12.1. The molecule has 0 saturated carbocycles. The number of rotatable bonds is 5. The van der Waals surface area contributed by atoms with Crippen LogP contribution in [-0.4, -0.2) is 61.2 Å². The van der Waals surface area contributed by atoms with E-state index < -0.39 is 10.0 Å². The van der Waals surface area contributed by atoms with Crippen molar-refractivity contribution >= 4 is 50.7 Å². The molecule has 11 heteroatoms. The fourth-order valence-corrected chi connectivity index (χ4v) is 5.57. The molecule has 2 heterocycles. The molecule has 182 valence electrons. The fraction of sp³-hybridized carbons (Fsp3) is 0.208. The van der Waals surface area contributed by atoms with E-state index in [1.807, 2.05) is 0 Å². The van der Waals surface area contributed by atoms with Crippen LogP contribution in [0.4, 0.5) is 5.69 Å². The van der Waals surface area contributed by atoms with Crippen molar-refractivity contribution in [3.63, 3.8) is 0 Å². The number of nitrogens with one attached hydrogen (secondary N) is 1. The molecule has 1 fully saturated rings. The number of halogens is 2. The summed E-state index contributed by atoms with van der Waals surface area (Å²) in [5, 5.41) is 0.388. The predicted octanol–water partition coefficient (Wildman–Crippen LogP) is 4.10. The molecule has 1 saturated heterocycles. The Balaban J connectivity index is 1.39. The van der Waals surface area contributed by atoms with Gasteiger partial charge in [0.15, 0.2) is 0 Å². The molecular formula is C24H22Cl2N4O4S. The number of anilines is 1. The minimum Gasteiger partial charge on any atom is -0.335 e. The third kappa shape index (κ3) is 5.58. The molecule has 0 atom stereocenters. The van der Waals surface area contributed by atoms with Crippen molar-refractivity contribution in [3.8, 4) is 0 Å². The summed E-state index contributed by atoms with van der Waals surface area (Å²) in [6.45, 7) is 3.27. The van der Waals surface area contributed by atoms with Crippen LogP contribution in [0.25, 0.3) is 0 Å². The number of carbonyl (C=O) groups excluding carboxylic acids is 2. The normalized spacial score (nSPS) is 14.0. The van der Waals surface area contributed by atoms with Gasteiger partial charge in [0.1, 0.15) is 10.6 Å². The van der Waals surface area contributed by atoms with Crippen LogP contribution in [0.2, 0.25) is 10.0 Å². The summed E-state index contributed by atoms with van der Waals surface area (Å²) in [5.74, 6) is -0.356. The largest absolute Gasteiger partial charge is 0.335 e. The van der Waals surface area contributed by atoms with E-state index in [1.54, 1.807) is 53.3 Å². The lowest BCUT2D eigenvalue weighted by molar-refractivity contribution is 0.0532. The van der Waals surface area contributed by atoms with Crippen molar-refractivity contribution in [1.29, 1.82) is 0 Å². The van der Waals surface area contributed by atoms with Crippen LogP contribution in [0.5, 0.6) is 0 Å². The summed E-state index contributed by atoms with van der Waals surface area (Å²) in [7, 11) is -3.95. The second-order valence-electron chi connectivity index (χ2n) is 8.01. The van der Waals surface area contributed by atoms with E-state index in [0.29, 0.717) is 48.0 Å². The lowest BCUT2D eigenvalue weighted by atomic mass is 10.1. The second kappa shape index (κ2) is 10.2. The van der Waals surface area contributed by atoms with Crippen molar-refractivity contribution in [2.75, 3.05) is 30.9 Å². The smallest absolute Gasteiger partial charge is 0.272 e. The van der Waals surface area contributed by atoms with Gasteiger partial charge in [0, 0.05) is 48.6 Å². The standard InChI is InChI=1S/C24H22Cl2N4O4S/c1-16-14-22(20(26)15-19(16)25)35(33,34)28-18-7-5-17(6-8-18)23(31)29-10-12-30(13-11-29)24(32)21-4-2-3-9-27-21/h2-9,14-15,28H,10-13H2,1H3. The zero-order chi connectivity index (χ0) is 25.2. The maximum atomic E-state index is 12.9. The van der Waals surface area contributed by atoms with Crippen LogP contribution in [0.1, 0.15) is 26.4 Å². The fourth-order valence-electron chi connectivity index (χ4n) is 3.67. The number of carbonyl (C=O) groups is 2. The zero-order valence-electron chi connectivity index (χ0n) is 18.7. The van der Waals surface area contributed by atoms with E-state index >= 15 is 0 Å². The molecule has 0 spiro atoms. The molecular weight excluding hydrogens is 511 g/mol. The Labute approximate surface area is 213 Å². The van der Waals surface area contributed by atoms with Crippen molar-refractivity contribution in [3.05, 3.63) is 87.7 Å². The minimum absolute atomic E-state index is 0.0144. The molecule has 2 aromatic carbocycles. The Kier molecular flexibility index (Phi) is 7.30. The van der Waals surface area contributed by atoms with Gasteiger partial charge in [-0.1, -0.05) is 29.3 Å². The molecule has 0 unspecified atom stereocenters. The van der Waals surface area contributed by atoms with Crippen molar-refractivity contribution in [2.45, 2.75) is 11.8 Å². The summed E-state index contributed by atoms with van der Waals surface area (Å²) in [6, 6.07) is 14.1. The van der Waals surface area contributed by atoms with Gasteiger partial charge in [0.25, 0.3) is 21.8 Å². The van der Waals surface area contributed by atoms with Gasteiger partial charge in [-0.15, -0.1) is 0 Å². The molecule has 8 nitrogen and oxygen atoms in total. The third-order valence-corrected chi connectivity index (χ3v) is 7.88. The molecule has 1 N–H and O–H groups in total. The van der Waals surface area contributed by atoms with Gasteiger partial charge in [0.2, 0.25) is 0 Å². The average molecular weight is 533 g/mol. The van der Waals surface area contributed by atoms with E-state index in [-0.39, 0.29) is 27.4 Å². The number of benzene rings is 2. The number of sulfonamides is 1. The molecule has 0 bridgehead atoms. The van der Waals surface area contributed by atoms with Gasteiger partial charge < -0.3 is 9.80 Å². The molecule has 4 rings (SSSR count). The summed E-state index contributed by atoms with van der Waals surface area (Å²) < 4.78 is 28.1. The number of hydrogen-bond donors (Lipinski definition) is 1. The highest BCUT2D eigenvalue weighted by molar-refractivity contribution is 7.92. The van der Waals surface area contributed by atoms with E-state index in [1.165, 1.54) is 24.3 Å². The van der Waals surface area contributed by atoms with E-state index in [4.69, 9.17) is 23.2 Å². The molecule has 0 radical (unpaired) electrons. The van der Waals surface area contributed by atoms with Crippen molar-refractivity contribution < 1.29 is 18.0 Å². The first kappa shape index (κ1) is 25.0. The zero-order valence-corrected chi connectivity index (χ0v) is 21.1. The number of aromatic nitrogens is 1. The molecule has 1 aliphatic rings. The summed E-state index contributed by atoms with van der Waals surface area (Å²) in [6.07, 6.45) is 1.57.